The molecule has 0 aromatic heterocycles. The molecule has 0 saturated heterocycles. The van der Waals surface area contributed by atoms with Crippen molar-refractivity contribution in [2.24, 2.45) is 0 Å². The molecule has 1 aliphatic rings. The third-order valence-corrected chi connectivity index (χ3v) is 1.76. The summed E-state index contributed by atoms with van der Waals surface area (Å²) in [5.74, 6) is -1.26. The zero-order chi connectivity index (χ0) is 8.97. The quantitative estimate of drug-likeness (QED) is 0.354. The molecule has 0 bridgehead atoms. The van der Waals surface area contributed by atoms with Crippen LogP contribution >= 0.6 is 0 Å². The highest BCUT2D eigenvalue weighted by Gasteiger charge is 2.16. The lowest BCUT2D eigenvalue weighted by Gasteiger charge is -2.15. The smallest absolute Gasteiger partial charge is 0.374 e. The van der Waals surface area contributed by atoms with Gasteiger partial charge in [-0.3, -0.25) is 4.79 Å². The van der Waals surface area contributed by atoms with Crippen molar-refractivity contribution in [2.75, 3.05) is 0 Å². The van der Waals surface area contributed by atoms with E-state index >= 15 is 0 Å². The molecule has 0 aliphatic heterocycles. The van der Waals surface area contributed by atoms with E-state index in [2.05, 4.69) is 0 Å². The Bertz CT molecular complexity index is 218. The van der Waals surface area contributed by atoms with Crippen molar-refractivity contribution < 1.29 is 14.3 Å². The molecule has 0 aromatic carbocycles. The van der Waals surface area contributed by atoms with Gasteiger partial charge in [-0.2, -0.15) is 0 Å². The number of ether oxygens (including phenoxy) is 1. The second-order valence-corrected chi connectivity index (χ2v) is 2.86. The van der Waals surface area contributed by atoms with Gasteiger partial charge in [-0.05, 0) is 25.3 Å². The first kappa shape index (κ1) is 8.97. The van der Waals surface area contributed by atoms with E-state index in [1.165, 1.54) is 6.92 Å². The highest BCUT2D eigenvalue weighted by molar-refractivity contribution is 6.32. The molecule has 66 valence electrons. The summed E-state index contributed by atoms with van der Waals surface area (Å²) in [7, 11) is 0. The van der Waals surface area contributed by atoms with Crippen LogP contribution in [0.15, 0.2) is 12.2 Å². The van der Waals surface area contributed by atoms with Crippen LogP contribution in [0.25, 0.3) is 0 Å². The molecule has 0 N–H and O–H groups in total. The van der Waals surface area contributed by atoms with Crippen molar-refractivity contribution >= 4 is 11.8 Å². The van der Waals surface area contributed by atoms with Crippen LogP contribution in [0.3, 0.4) is 0 Å². The molecule has 0 radical (unpaired) electrons. The fraction of sp³-hybridized carbons (Fsp3) is 0.556. The molecule has 1 atom stereocenters. The molecule has 0 aromatic rings. The van der Waals surface area contributed by atoms with Crippen LogP contribution < -0.4 is 0 Å². The zero-order valence-electron chi connectivity index (χ0n) is 7.08. The number of carbonyl (C=O) groups excluding carboxylic acids is 2. The van der Waals surface area contributed by atoms with Crippen molar-refractivity contribution in [3.05, 3.63) is 12.2 Å². The van der Waals surface area contributed by atoms with E-state index in [4.69, 9.17) is 4.74 Å². The van der Waals surface area contributed by atoms with Gasteiger partial charge in [0.2, 0.25) is 5.78 Å². The first-order valence-electron chi connectivity index (χ1n) is 4.08. The van der Waals surface area contributed by atoms with E-state index in [-0.39, 0.29) is 6.10 Å². The lowest BCUT2D eigenvalue weighted by atomic mass is 10.1. The van der Waals surface area contributed by atoms with Crippen LogP contribution in [-0.2, 0) is 14.3 Å². The number of Topliss-reactive ketones (excluding diaryl/α,β-unsaturated/α-hetero) is 1. The van der Waals surface area contributed by atoms with Gasteiger partial charge in [0.05, 0.1) is 0 Å². The molecule has 3 heteroatoms. The molecule has 3 nitrogen and oxygen atoms in total. The van der Waals surface area contributed by atoms with Gasteiger partial charge in [-0.15, -0.1) is 0 Å². The van der Waals surface area contributed by atoms with Crippen molar-refractivity contribution in [1.82, 2.24) is 0 Å². The molecule has 1 unspecified atom stereocenters. The summed E-state index contributed by atoms with van der Waals surface area (Å²) in [6, 6.07) is 0. The normalized spacial score (nSPS) is 21.9. The maximum atomic E-state index is 10.8. The number of hydrogen-bond acceptors (Lipinski definition) is 3. The molecule has 0 fully saturated rings. The summed E-state index contributed by atoms with van der Waals surface area (Å²) in [4.78, 5) is 21.3. The largest absolute Gasteiger partial charge is 0.452 e. The average molecular weight is 168 g/mol. The van der Waals surface area contributed by atoms with Crippen molar-refractivity contribution in [3.63, 3.8) is 0 Å². The maximum Gasteiger partial charge on any atom is 0.374 e. The Labute approximate surface area is 71.4 Å². The third-order valence-electron chi connectivity index (χ3n) is 1.76. The molecular weight excluding hydrogens is 156 g/mol. The van der Waals surface area contributed by atoms with Gasteiger partial charge in [0.15, 0.2) is 0 Å². The minimum atomic E-state index is -0.730. The summed E-state index contributed by atoms with van der Waals surface area (Å²) in [6.07, 6.45) is 6.51. The fourth-order valence-electron chi connectivity index (χ4n) is 1.10. The SMILES string of the molecule is CC(=O)C(=O)OC1C=CCCC1. The van der Waals surface area contributed by atoms with E-state index in [9.17, 15) is 9.59 Å². The van der Waals surface area contributed by atoms with Crippen molar-refractivity contribution in [3.8, 4) is 0 Å². The Morgan fingerprint density at radius 3 is 2.75 bits per heavy atom. The fourth-order valence-corrected chi connectivity index (χ4v) is 1.10. The van der Waals surface area contributed by atoms with E-state index in [0.717, 1.165) is 19.3 Å². The third kappa shape index (κ3) is 2.49. The Balaban J connectivity index is 2.40. The highest BCUT2D eigenvalue weighted by Crippen LogP contribution is 2.13. The molecule has 0 saturated carbocycles. The van der Waals surface area contributed by atoms with Crippen LogP contribution in [0.4, 0.5) is 0 Å². The van der Waals surface area contributed by atoms with E-state index < -0.39 is 11.8 Å². The lowest BCUT2D eigenvalue weighted by Crippen LogP contribution is -2.22. The van der Waals surface area contributed by atoms with Gasteiger partial charge in [0, 0.05) is 6.92 Å². The Morgan fingerprint density at radius 1 is 1.50 bits per heavy atom. The lowest BCUT2D eigenvalue weighted by molar-refractivity contribution is -0.155. The van der Waals surface area contributed by atoms with Crippen molar-refractivity contribution in [2.45, 2.75) is 32.3 Å². The predicted octanol–water partition coefficient (Wildman–Crippen LogP) is 1.23. The number of carbonyl (C=O) groups is 2. The van der Waals surface area contributed by atoms with Crippen LogP contribution in [-0.4, -0.2) is 17.9 Å². The molecule has 0 heterocycles. The topological polar surface area (TPSA) is 43.4 Å². The number of hydrogen-bond donors (Lipinski definition) is 0. The summed E-state index contributed by atoms with van der Waals surface area (Å²) in [5, 5.41) is 0. The van der Waals surface area contributed by atoms with E-state index in [0.29, 0.717) is 0 Å². The van der Waals surface area contributed by atoms with Gasteiger partial charge in [-0.25, -0.2) is 4.79 Å². The first-order chi connectivity index (χ1) is 5.70. The van der Waals surface area contributed by atoms with E-state index in [1.807, 2.05) is 12.2 Å². The Morgan fingerprint density at radius 2 is 2.25 bits per heavy atom. The Hall–Kier alpha value is -1.12. The predicted molar refractivity (Wildman–Crippen MR) is 43.6 cm³/mol. The number of rotatable bonds is 2. The summed E-state index contributed by atoms with van der Waals surface area (Å²) in [6.45, 7) is 1.22. The number of ketones is 1. The molecule has 0 amide bonds. The second-order valence-electron chi connectivity index (χ2n) is 2.86. The molecule has 1 rings (SSSR count). The van der Waals surface area contributed by atoms with Crippen molar-refractivity contribution in [1.29, 1.82) is 0 Å². The summed E-state index contributed by atoms with van der Waals surface area (Å²) >= 11 is 0. The van der Waals surface area contributed by atoms with E-state index in [1.54, 1.807) is 0 Å². The molecule has 0 spiro atoms. The molecular formula is C9H12O3. The second kappa shape index (κ2) is 4.04. The minimum absolute atomic E-state index is 0.185. The van der Waals surface area contributed by atoms with Gasteiger partial charge < -0.3 is 4.74 Å². The van der Waals surface area contributed by atoms with Crippen LogP contribution in [0.2, 0.25) is 0 Å². The standard InChI is InChI=1S/C9H12O3/c1-7(10)9(11)12-8-5-3-2-4-6-8/h3,5,8H,2,4,6H2,1H3. The van der Waals surface area contributed by atoms with Crippen LogP contribution in [0.1, 0.15) is 26.2 Å². The summed E-state index contributed by atoms with van der Waals surface area (Å²) < 4.78 is 4.88. The number of allylic oxidation sites excluding steroid dienone is 1. The highest BCUT2D eigenvalue weighted by atomic mass is 16.5. The monoisotopic (exact) mass is 168 g/mol. The maximum absolute atomic E-state index is 10.8. The number of esters is 1. The first-order valence-corrected chi connectivity index (χ1v) is 4.08. The van der Waals surface area contributed by atoms with Gasteiger partial charge in [0.25, 0.3) is 0 Å². The molecule has 1 aliphatic carbocycles. The van der Waals surface area contributed by atoms with Crippen LogP contribution in [0, 0.1) is 0 Å². The Kier molecular flexibility index (Phi) is 3.02. The zero-order valence-corrected chi connectivity index (χ0v) is 7.08. The van der Waals surface area contributed by atoms with Gasteiger partial charge in [-0.1, -0.05) is 6.08 Å². The molecule has 12 heavy (non-hydrogen) atoms. The van der Waals surface area contributed by atoms with Gasteiger partial charge >= 0.3 is 5.97 Å². The average Bonchev–Trinajstić information content (AvgIpc) is 2.06. The summed E-state index contributed by atoms with van der Waals surface area (Å²) in [5.41, 5.74) is 0. The van der Waals surface area contributed by atoms with Gasteiger partial charge in [0.1, 0.15) is 6.10 Å². The van der Waals surface area contributed by atoms with Crippen LogP contribution in [0.5, 0.6) is 0 Å². The minimum Gasteiger partial charge on any atom is -0.452 e.